The average Bonchev–Trinajstić information content (AvgIpc) is 3.36. The first-order valence-corrected chi connectivity index (χ1v) is 11.7. The number of nitriles is 1. The maximum absolute atomic E-state index is 15.0. The lowest BCUT2D eigenvalue weighted by Gasteiger charge is -2.30. The lowest BCUT2D eigenvalue weighted by atomic mass is 9.93. The SMILES string of the molecule is CC1(CO)CN=C(Nc2cc(F)c(Oc3ccnc4[nH]cc(-c5ccc(OCC#N)cc5)c34)c(F)c2)OC1. The molecule has 1 unspecified atom stereocenters. The molecule has 3 heterocycles. The highest BCUT2D eigenvalue weighted by molar-refractivity contribution is 5.98. The summed E-state index contributed by atoms with van der Waals surface area (Å²) >= 11 is 0. The zero-order valence-corrected chi connectivity index (χ0v) is 20.3. The van der Waals surface area contributed by atoms with Crippen LogP contribution in [0.2, 0.25) is 0 Å². The van der Waals surface area contributed by atoms with E-state index in [1.165, 1.54) is 12.3 Å². The van der Waals surface area contributed by atoms with E-state index in [2.05, 4.69) is 20.3 Å². The number of fused-ring (bicyclic) bond motifs is 1. The second kappa shape index (κ2) is 10.4. The number of benzene rings is 2. The molecule has 0 aliphatic carbocycles. The molecule has 0 amide bonds. The Kier molecular flexibility index (Phi) is 6.81. The quantitative estimate of drug-likeness (QED) is 0.314. The third-order valence-corrected chi connectivity index (χ3v) is 6.01. The zero-order valence-electron chi connectivity index (χ0n) is 20.3. The number of ether oxygens (including phenoxy) is 3. The molecular weight excluding hydrogens is 496 g/mol. The number of halogens is 2. The molecule has 1 aliphatic heterocycles. The molecule has 11 heteroatoms. The number of nitrogens with zero attached hydrogens (tertiary/aromatic N) is 3. The Morgan fingerprint density at radius 3 is 2.63 bits per heavy atom. The fourth-order valence-corrected chi connectivity index (χ4v) is 3.92. The van der Waals surface area contributed by atoms with Crippen LogP contribution in [-0.4, -0.2) is 47.5 Å². The molecule has 194 valence electrons. The van der Waals surface area contributed by atoms with E-state index in [0.717, 1.165) is 17.7 Å². The first-order valence-electron chi connectivity index (χ1n) is 11.7. The number of aliphatic hydroxyl groups is 1. The molecule has 4 aromatic rings. The molecule has 1 aliphatic rings. The van der Waals surface area contributed by atoms with Crippen LogP contribution in [0.4, 0.5) is 14.5 Å². The van der Waals surface area contributed by atoms with Crippen LogP contribution in [0.15, 0.2) is 59.9 Å². The Bertz CT molecular complexity index is 1520. The fraction of sp³-hybridized carbons (Fsp3) is 0.222. The van der Waals surface area contributed by atoms with Gasteiger partial charge in [0.15, 0.2) is 24.0 Å². The summed E-state index contributed by atoms with van der Waals surface area (Å²) in [6, 6.07) is 12.8. The Morgan fingerprint density at radius 1 is 1.21 bits per heavy atom. The smallest absolute Gasteiger partial charge is 0.289 e. The molecular formula is C27H23F2N5O4. The van der Waals surface area contributed by atoms with Gasteiger partial charge in [0.2, 0.25) is 0 Å². The molecule has 0 radical (unpaired) electrons. The highest BCUT2D eigenvalue weighted by Gasteiger charge is 2.29. The van der Waals surface area contributed by atoms with Crippen LogP contribution >= 0.6 is 0 Å². The summed E-state index contributed by atoms with van der Waals surface area (Å²) in [5.41, 5.74) is 1.56. The highest BCUT2D eigenvalue weighted by Crippen LogP contribution is 2.39. The Hall–Kier alpha value is -4.69. The molecule has 0 spiro atoms. The molecule has 2 aromatic heterocycles. The van der Waals surface area contributed by atoms with Gasteiger partial charge in [0.05, 0.1) is 18.5 Å². The summed E-state index contributed by atoms with van der Waals surface area (Å²) in [5, 5.41) is 21.4. The van der Waals surface area contributed by atoms with E-state index in [1.807, 2.05) is 13.0 Å². The van der Waals surface area contributed by atoms with Gasteiger partial charge in [-0.25, -0.2) is 18.8 Å². The average molecular weight is 520 g/mol. The van der Waals surface area contributed by atoms with E-state index in [4.69, 9.17) is 19.5 Å². The maximum Gasteiger partial charge on any atom is 0.289 e. The molecule has 5 rings (SSSR count). The van der Waals surface area contributed by atoms with Crippen LogP contribution in [0.5, 0.6) is 17.2 Å². The molecule has 3 N–H and O–H groups in total. The predicted molar refractivity (Wildman–Crippen MR) is 136 cm³/mol. The number of aromatic amines is 1. The number of H-pyrrole nitrogens is 1. The van der Waals surface area contributed by atoms with Gasteiger partial charge in [-0.2, -0.15) is 5.26 Å². The van der Waals surface area contributed by atoms with Crippen molar-refractivity contribution >= 4 is 22.7 Å². The van der Waals surface area contributed by atoms with Crippen molar-refractivity contribution in [2.75, 3.05) is 31.7 Å². The predicted octanol–water partition coefficient (Wildman–Crippen LogP) is 5.00. The normalized spacial score (nSPS) is 16.9. The van der Waals surface area contributed by atoms with Gasteiger partial charge in [0.25, 0.3) is 6.02 Å². The summed E-state index contributed by atoms with van der Waals surface area (Å²) in [6.07, 6.45) is 3.20. The maximum atomic E-state index is 15.0. The van der Waals surface area contributed by atoms with Crippen molar-refractivity contribution in [3.8, 4) is 34.4 Å². The number of anilines is 1. The molecule has 0 saturated heterocycles. The molecule has 0 bridgehead atoms. The molecule has 0 saturated carbocycles. The number of nitrogens with one attached hydrogen (secondary N) is 2. The number of rotatable bonds is 7. The lowest BCUT2D eigenvalue weighted by Crippen LogP contribution is -2.38. The van der Waals surface area contributed by atoms with Crippen LogP contribution in [0, 0.1) is 28.4 Å². The number of hydrogen-bond acceptors (Lipinski definition) is 8. The number of aromatic nitrogens is 2. The second-order valence-corrected chi connectivity index (χ2v) is 9.08. The van der Waals surface area contributed by atoms with Gasteiger partial charge in [-0.15, -0.1) is 0 Å². The van der Waals surface area contributed by atoms with Crippen molar-refractivity contribution in [2.24, 2.45) is 10.4 Å². The van der Waals surface area contributed by atoms with Crippen molar-refractivity contribution in [1.29, 1.82) is 5.26 Å². The van der Waals surface area contributed by atoms with Crippen molar-refractivity contribution in [2.45, 2.75) is 6.92 Å². The molecule has 2 aromatic carbocycles. The van der Waals surface area contributed by atoms with Crippen LogP contribution in [-0.2, 0) is 4.74 Å². The summed E-state index contributed by atoms with van der Waals surface area (Å²) in [5.74, 6) is -1.68. The van der Waals surface area contributed by atoms with Gasteiger partial charge < -0.3 is 29.6 Å². The zero-order chi connectivity index (χ0) is 26.7. The third-order valence-electron chi connectivity index (χ3n) is 6.01. The van der Waals surface area contributed by atoms with Gasteiger partial charge >= 0.3 is 0 Å². The minimum atomic E-state index is -0.926. The molecule has 0 fully saturated rings. The van der Waals surface area contributed by atoms with Gasteiger partial charge in [-0.05, 0) is 23.8 Å². The van der Waals surface area contributed by atoms with Gasteiger partial charge in [-0.1, -0.05) is 19.1 Å². The summed E-state index contributed by atoms with van der Waals surface area (Å²) in [7, 11) is 0. The number of hydrogen-bond donors (Lipinski definition) is 3. The van der Waals surface area contributed by atoms with E-state index in [9.17, 15) is 5.11 Å². The fourth-order valence-electron chi connectivity index (χ4n) is 3.92. The lowest BCUT2D eigenvalue weighted by molar-refractivity contribution is 0.0706. The van der Waals surface area contributed by atoms with Crippen LogP contribution in [0.3, 0.4) is 0 Å². The molecule has 9 nitrogen and oxygen atoms in total. The highest BCUT2D eigenvalue weighted by atomic mass is 19.1. The van der Waals surface area contributed by atoms with E-state index in [0.29, 0.717) is 28.9 Å². The third kappa shape index (κ3) is 5.07. The second-order valence-electron chi connectivity index (χ2n) is 9.08. The monoisotopic (exact) mass is 519 g/mol. The van der Waals surface area contributed by atoms with Gasteiger partial charge in [0, 0.05) is 41.2 Å². The van der Waals surface area contributed by atoms with Crippen LogP contribution in [0.1, 0.15) is 6.92 Å². The van der Waals surface area contributed by atoms with Gasteiger partial charge in [-0.3, -0.25) is 0 Å². The van der Waals surface area contributed by atoms with E-state index < -0.39 is 22.8 Å². The van der Waals surface area contributed by atoms with Crippen LogP contribution in [0.25, 0.3) is 22.2 Å². The minimum Gasteiger partial charge on any atom is -0.479 e. The summed E-state index contributed by atoms with van der Waals surface area (Å²) in [4.78, 5) is 11.5. The first kappa shape index (κ1) is 25.0. The number of pyridine rings is 1. The first-order chi connectivity index (χ1) is 18.4. The van der Waals surface area contributed by atoms with Gasteiger partial charge in [0.1, 0.15) is 29.8 Å². The minimum absolute atomic E-state index is 0.0654. The Balaban J connectivity index is 1.41. The summed E-state index contributed by atoms with van der Waals surface area (Å²) in [6.45, 7) is 2.19. The van der Waals surface area contributed by atoms with Crippen molar-refractivity contribution in [3.63, 3.8) is 0 Å². The Morgan fingerprint density at radius 2 is 1.97 bits per heavy atom. The van der Waals surface area contributed by atoms with Crippen molar-refractivity contribution < 1.29 is 28.1 Å². The molecule has 1 atom stereocenters. The molecule has 38 heavy (non-hydrogen) atoms. The standard InChI is InChI=1S/C27H23F2N5O4/c1-27(14-35)13-33-26(37-15-27)34-17-10-20(28)24(21(29)11-17)38-22-6-8-31-25-23(22)19(12-32-25)16-2-4-18(5-3-16)36-9-7-30/h2-6,8,10-12,35H,9,13-15H2,1H3,(H,31,32)(H,33,34). The number of aliphatic hydroxyl groups excluding tert-OH is 1. The van der Waals surface area contributed by atoms with E-state index in [1.54, 1.807) is 30.5 Å². The number of amidine groups is 1. The van der Waals surface area contributed by atoms with Crippen molar-refractivity contribution in [1.82, 2.24) is 9.97 Å². The number of aliphatic imine (C=N–C) groups is 1. The Labute approximate surface area is 216 Å². The summed E-state index contributed by atoms with van der Waals surface area (Å²) < 4.78 is 46.6. The topological polar surface area (TPSA) is 125 Å². The van der Waals surface area contributed by atoms with Crippen molar-refractivity contribution in [3.05, 3.63) is 66.5 Å². The van der Waals surface area contributed by atoms with E-state index in [-0.39, 0.29) is 37.3 Å². The van der Waals surface area contributed by atoms with Crippen LogP contribution < -0.4 is 14.8 Å². The largest absolute Gasteiger partial charge is 0.479 e. The van der Waals surface area contributed by atoms with E-state index >= 15 is 8.78 Å².